The maximum atomic E-state index is 2.39. The van der Waals surface area contributed by atoms with E-state index in [-0.39, 0.29) is 0 Å². The summed E-state index contributed by atoms with van der Waals surface area (Å²) in [6, 6.07) is 0. The minimum absolute atomic E-state index is 1.14. The first-order valence-corrected chi connectivity index (χ1v) is 6.57. The van der Waals surface area contributed by atoms with Gasteiger partial charge in [-0.05, 0) is 52.9 Å². The molecule has 0 saturated heterocycles. The Kier molecular flexibility index (Phi) is 8.99. The maximum Gasteiger partial charge on any atom is -0.0136 e. The predicted octanol–water partition coefficient (Wildman–Crippen LogP) is 5.82. The van der Waals surface area contributed by atoms with Gasteiger partial charge in [-0.1, -0.05) is 48.8 Å². The Balaban J connectivity index is 4.03. The third-order valence-electron chi connectivity index (χ3n) is 2.75. The summed E-state index contributed by atoms with van der Waals surface area (Å²) in [6.45, 7) is 11.0. The summed E-state index contributed by atoms with van der Waals surface area (Å²) in [5.74, 6) is 0. The second-order valence-corrected chi connectivity index (χ2v) is 4.70. The molecule has 0 bridgehead atoms. The molecule has 0 aliphatic heterocycles. The molecule has 0 aliphatic rings. The topological polar surface area (TPSA) is 0 Å². The Morgan fingerprint density at radius 3 is 2.12 bits per heavy atom. The van der Waals surface area contributed by atoms with E-state index in [1.807, 2.05) is 0 Å². The zero-order chi connectivity index (χ0) is 12.4. The van der Waals surface area contributed by atoms with Crippen LogP contribution in [0.1, 0.15) is 66.7 Å². The average molecular weight is 220 g/mol. The van der Waals surface area contributed by atoms with Crippen molar-refractivity contribution in [2.24, 2.45) is 0 Å². The Hall–Kier alpha value is -0.780. The van der Waals surface area contributed by atoms with Crippen LogP contribution in [0, 0.1) is 0 Å². The summed E-state index contributed by atoms with van der Waals surface area (Å²) in [4.78, 5) is 0. The highest BCUT2D eigenvalue weighted by atomic mass is 14.0. The van der Waals surface area contributed by atoms with E-state index in [1.54, 1.807) is 5.57 Å². The fourth-order valence-corrected chi connectivity index (χ4v) is 1.66. The van der Waals surface area contributed by atoms with E-state index in [9.17, 15) is 0 Å². The van der Waals surface area contributed by atoms with Gasteiger partial charge in [0.2, 0.25) is 0 Å². The summed E-state index contributed by atoms with van der Waals surface area (Å²) in [6.07, 6.45) is 13.0. The summed E-state index contributed by atoms with van der Waals surface area (Å²) < 4.78 is 0. The highest BCUT2D eigenvalue weighted by molar-refractivity contribution is 5.11. The molecule has 0 atom stereocenters. The van der Waals surface area contributed by atoms with Crippen molar-refractivity contribution < 1.29 is 0 Å². The Morgan fingerprint density at radius 1 is 0.938 bits per heavy atom. The molecule has 0 aromatic rings. The van der Waals surface area contributed by atoms with Gasteiger partial charge in [0.15, 0.2) is 0 Å². The van der Waals surface area contributed by atoms with Crippen molar-refractivity contribution in [3.8, 4) is 0 Å². The lowest BCUT2D eigenvalue weighted by atomic mass is 10.0. The molecule has 92 valence electrons. The molecule has 0 nitrogen and oxygen atoms in total. The van der Waals surface area contributed by atoms with Crippen LogP contribution in [-0.4, -0.2) is 0 Å². The zero-order valence-corrected chi connectivity index (χ0v) is 11.8. The molecule has 0 fully saturated rings. The number of allylic oxidation sites excluding steroid dienone is 6. The molecular weight excluding hydrogens is 192 g/mol. The van der Waals surface area contributed by atoms with Crippen LogP contribution in [0.25, 0.3) is 0 Å². The first kappa shape index (κ1) is 15.2. The van der Waals surface area contributed by atoms with Gasteiger partial charge in [-0.3, -0.25) is 0 Å². The quantitative estimate of drug-likeness (QED) is 0.474. The van der Waals surface area contributed by atoms with Crippen LogP contribution in [-0.2, 0) is 0 Å². The smallest absolute Gasteiger partial charge is 0.0136 e. The average Bonchev–Trinajstić information content (AvgIpc) is 2.23. The van der Waals surface area contributed by atoms with E-state index in [0.717, 1.165) is 12.8 Å². The number of rotatable bonds is 7. The Bertz CT molecular complexity index is 260. The molecule has 0 amide bonds. The molecule has 0 rings (SSSR count). The maximum absolute atomic E-state index is 2.39. The molecule has 0 heteroatoms. The normalized spacial score (nSPS) is 12.8. The summed E-state index contributed by atoms with van der Waals surface area (Å²) in [7, 11) is 0. The van der Waals surface area contributed by atoms with E-state index < -0.39 is 0 Å². The summed E-state index contributed by atoms with van der Waals surface area (Å²) in [5.41, 5.74) is 4.52. The molecule has 0 radical (unpaired) electrons. The van der Waals surface area contributed by atoms with Crippen molar-refractivity contribution >= 4 is 0 Å². The van der Waals surface area contributed by atoms with Crippen LogP contribution >= 0.6 is 0 Å². The van der Waals surface area contributed by atoms with Crippen LogP contribution in [0.15, 0.2) is 34.9 Å². The van der Waals surface area contributed by atoms with Crippen molar-refractivity contribution in [1.29, 1.82) is 0 Å². The number of hydrogen-bond donors (Lipinski definition) is 0. The largest absolute Gasteiger partial charge is 0.0856 e. The van der Waals surface area contributed by atoms with Crippen molar-refractivity contribution in [1.82, 2.24) is 0 Å². The van der Waals surface area contributed by atoms with E-state index in [0.29, 0.717) is 0 Å². The lowest BCUT2D eigenvalue weighted by Gasteiger charge is -2.02. The van der Waals surface area contributed by atoms with Gasteiger partial charge in [-0.2, -0.15) is 0 Å². The molecule has 16 heavy (non-hydrogen) atoms. The second kappa shape index (κ2) is 9.45. The summed E-state index contributed by atoms with van der Waals surface area (Å²) in [5, 5.41) is 0. The third kappa shape index (κ3) is 8.52. The lowest BCUT2D eigenvalue weighted by molar-refractivity contribution is 0.938. The van der Waals surface area contributed by atoms with Crippen molar-refractivity contribution in [3.05, 3.63) is 34.9 Å². The number of hydrogen-bond acceptors (Lipinski definition) is 0. The molecule has 0 aliphatic carbocycles. The first-order chi connectivity index (χ1) is 7.60. The van der Waals surface area contributed by atoms with Gasteiger partial charge in [0.25, 0.3) is 0 Å². The van der Waals surface area contributed by atoms with Crippen LogP contribution in [0.3, 0.4) is 0 Å². The SMILES string of the molecule is CC/C=C(\CC)C/C=C(\C)CCC=C(C)C. The van der Waals surface area contributed by atoms with Gasteiger partial charge in [-0.15, -0.1) is 0 Å². The molecule has 0 heterocycles. The van der Waals surface area contributed by atoms with Gasteiger partial charge in [-0.25, -0.2) is 0 Å². The minimum atomic E-state index is 1.14. The van der Waals surface area contributed by atoms with Gasteiger partial charge >= 0.3 is 0 Å². The predicted molar refractivity (Wildman–Crippen MR) is 75.7 cm³/mol. The van der Waals surface area contributed by atoms with Crippen LogP contribution in [0.5, 0.6) is 0 Å². The molecule has 0 saturated carbocycles. The van der Waals surface area contributed by atoms with E-state index >= 15 is 0 Å². The van der Waals surface area contributed by atoms with Crippen LogP contribution in [0.4, 0.5) is 0 Å². The zero-order valence-electron chi connectivity index (χ0n) is 11.8. The first-order valence-electron chi connectivity index (χ1n) is 6.57. The van der Waals surface area contributed by atoms with Gasteiger partial charge in [0.1, 0.15) is 0 Å². The Morgan fingerprint density at radius 2 is 1.62 bits per heavy atom. The molecule has 0 N–H and O–H groups in total. The second-order valence-electron chi connectivity index (χ2n) is 4.70. The van der Waals surface area contributed by atoms with Crippen molar-refractivity contribution in [2.45, 2.75) is 66.7 Å². The molecule has 0 aromatic carbocycles. The van der Waals surface area contributed by atoms with E-state index in [2.05, 4.69) is 52.8 Å². The van der Waals surface area contributed by atoms with Crippen LogP contribution < -0.4 is 0 Å². The van der Waals surface area contributed by atoms with Crippen molar-refractivity contribution in [3.63, 3.8) is 0 Å². The Labute approximate surface area is 102 Å². The fraction of sp³-hybridized carbons (Fsp3) is 0.625. The summed E-state index contributed by atoms with van der Waals surface area (Å²) >= 11 is 0. The van der Waals surface area contributed by atoms with E-state index in [1.165, 1.54) is 30.4 Å². The highest BCUT2D eigenvalue weighted by Gasteiger charge is 1.93. The van der Waals surface area contributed by atoms with Gasteiger partial charge < -0.3 is 0 Å². The molecule has 0 unspecified atom stereocenters. The fourth-order valence-electron chi connectivity index (χ4n) is 1.66. The van der Waals surface area contributed by atoms with Crippen molar-refractivity contribution in [2.75, 3.05) is 0 Å². The monoisotopic (exact) mass is 220 g/mol. The minimum Gasteiger partial charge on any atom is -0.0856 e. The third-order valence-corrected chi connectivity index (χ3v) is 2.75. The van der Waals surface area contributed by atoms with Crippen LogP contribution in [0.2, 0.25) is 0 Å². The standard InChI is InChI=1S/C16H28/c1-6-9-16(7-2)13-12-15(5)11-8-10-14(3)4/h9-10,12H,6-8,11,13H2,1-5H3/b15-12+,16-9+. The molecule has 0 spiro atoms. The van der Waals surface area contributed by atoms with Gasteiger partial charge in [0.05, 0.1) is 0 Å². The van der Waals surface area contributed by atoms with E-state index in [4.69, 9.17) is 0 Å². The van der Waals surface area contributed by atoms with Gasteiger partial charge in [0, 0.05) is 0 Å². The lowest BCUT2D eigenvalue weighted by Crippen LogP contribution is -1.82. The molecular formula is C16H28. The highest BCUT2D eigenvalue weighted by Crippen LogP contribution is 2.13. The molecule has 0 aromatic heterocycles.